The summed E-state index contributed by atoms with van der Waals surface area (Å²) >= 11 is 0. The number of halogens is 6. The zero-order chi connectivity index (χ0) is 13.1. The van der Waals surface area contributed by atoms with Crippen LogP contribution in [0.5, 0.6) is 0 Å². The normalized spacial score (nSPS) is 19.3. The summed E-state index contributed by atoms with van der Waals surface area (Å²) in [5, 5.41) is 0. The maximum Gasteiger partial charge on any atom is 1.00 e. The molecule has 0 aromatic carbocycles. The van der Waals surface area contributed by atoms with E-state index in [1.165, 1.54) is 0 Å². The molecule has 0 bridgehead atoms. The largest absolute Gasteiger partial charge is 1.00 e. The standard InChI is InChI=1S/C6H8F6O3S.Li/c7-2(1-16(13,14)15)3(8)4(9)5(10)6(11)12;/h2-6H,1H2,(H,13,14,15);/q;+1/p-1. The molecular weight excluding hydrogens is 273 g/mol. The summed E-state index contributed by atoms with van der Waals surface area (Å²) in [5.41, 5.74) is 0. The van der Waals surface area contributed by atoms with Crippen molar-refractivity contribution in [2.45, 2.75) is 31.1 Å². The van der Waals surface area contributed by atoms with E-state index >= 15 is 0 Å². The molecule has 0 spiro atoms. The van der Waals surface area contributed by atoms with Crippen LogP contribution in [0.4, 0.5) is 26.3 Å². The molecule has 0 aromatic rings. The number of rotatable bonds is 6. The Bertz CT molecular complexity index is 313. The first-order valence-electron chi connectivity index (χ1n) is 3.84. The smallest absolute Gasteiger partial charge is 0.748 e. The average Bonchev–Trinajstić information content (AvgIpc) is 2.11. The van der Waals surface area contributed by atoms with Crippen LogP contribution in [0.25, 0.3) is 0 Å². The topological polar surface area (TPSA) is 57.2 Å². The van der Waals surface area contributed by atoms with Crippen LogP contribution in [0.1, 0.15) is 0 Å². The van der Waals surface area contributed by atoms with E-state index in [1.807, 2.05) is 0 Å². The van der Waals surface area contributed by atoms with Gasteiger partial charge >= 0.3 is 18.9 Å². The summed E-state index contributed by atoms with van der Waals surface area (Å²) in [6, 6.07) is 0. The summed E-state index contributed by atoms with van der Waals surface area (Å²) in [7, 11) is -5.19. The first-order chi connectivity index (χ1) is 7.06. The second-order valence-electron chi connectivity index (χ2n) is 2.91. The number of hydrogen-bond donors (Lipinski definition) is 0. The second kappa shape index (κ2) is 7.51. The fourth-order valence-electron chi connectivity index (χ4n) is 0.801. The van der Waals surface area contributed by atoms with Gasteiger partial charge in [0.15, 0.2) is 18.5 Å². The van der Waals surface area contributed by atoms with Gasteiger partial charge in [0.1, 0.15) is 6.17 Å². The van der Waals surface area contributed by atoms with Gasteiger partial charge in [-0.05, 0) is 0 Å². The van der Waals surface area contributed by atoms with Crippen LogP contribution < -0.4 is 18.9 Å². The minimum Gasteiger partial charge on any atom is -0.748 e. The molecule has 0 aliphatic rings. The Morgan fingerprint density at radius 2 is 1.29 bits per heavy atom. The maximum atomic E-state index is 12.6. The molecule has 0 amide bonds. The average molecular weight is 280 g/mol. The van der Waals surface area contributed by atoms with Crippen molar-refractivity contribution in [3.63, 3.8) is 0 Å². The van der Waals surface area contributed by atoms with E-state index in [9.17, 15) is 39.3 Å². The van der Waals surface area contributed by atoms with Crippen molar-refractivity contribution < 1.29 is 58.2 Å². The molecule has 4 unspecified atom stereocenters. The molecule has 0 saturated heterocycles. The Morgan fingerprint density at radius 1 is 0.882 bits per heavy atom. The third-order valence-electron chi connectivity index (χ3n) is 1.56. The van der Waals surface area contributed by atoms with E-state index in [0.29, 0.717) is 0 Å². The first-order valence-corrected chi connectivity index (χ1v) is 5.42. The van der Waals surface area contributed by atoms with Crippen molar-refractivity contribution in [1.82, 2.24) is 0 Å². The van der Waals surface area contributed by atoms with Gasteiger partial charge in [-0.2, -0.15) is 0 Å². The Morgan fingerprint density at radius 3 is 1.59 bits per heavy atom. The van der Waals surface area contributed by atoms with Crippen molar-refractivity contribution in [2.75, 3.05) is 5.75 Å². The monoisotopic (exact) mass is 280 g/mol. The molecule has 11 heteroatoms. The van der Waals surface area contributed by atoms with Gasteiger partial charge in [-0.3, -0.25) is 0 Å². The van der Waals surface area contributed by atoms with Gasteiger partial charge in [0, 0.05) is 0 Å². The van der Waals surface area contributed by atoms with Crippen LogP contribution in [0.15, 0.2) is 0 Å². The van der Waals surface area contributed by atoms with Crippen LogP contribution in [0.3, 0.4) is 0 Å². The summed E-state index contributed by atoms with van der Waals surface area (Å²) in [4.78, 5) is 0. The summed E-state index contributed by atoms with van der Waals surface area (Å²) < 4.78 is 103. The van der Waals surface area contributed by atoms with Crippen molar-refractivity contribution in [2.24, 2.45) is 0 Å². The minimum absolute atomic E-state index is 0. The van der Waals surface area contributed by atoms with Crippen LogP contribution in [-0.4, -0.2) is 49.8 Å². The van der Waals surface area contributed by atoms with Crippen molar-refractivity contribution >= 4 is 10.1 Å². The predicted molar refractivity (Wildman–Crippen MR) is 40.2 cm³/mol. The first kappa shape index (κ1) is 19.4. The minimum atomic E-state index is -5.19. The summed E-state index contributed by atoms with van der Waals surface area (Å²) in [5.74, 6) is -1.94. The number of alkyl halides is 6. The van der Waals surface area contributed by atoms with Crippen LogP contribution in [0, 0.1) is 0 Å². The molecule has 4 atom stereocenters. The van der Waals surface area contributed by atoms with Crippen LogP contribution in [-0.2, 0) is 10.1 Å². The van der Waals surface area contributed by atoms with Gasteiger partial charge in [-0.25, -0.2) is 34.8 Å². The molecule has 17 heavy (non-hydrogen) atoms. The fourth-order valence-corrected chi connectivity index (χ4v) is 1.37. The molecule has 0 aromatic heterocycles. The molecular formula is C6H7F6LiO3S. The van der Waals surface area contributed by atoms with Gasteiger partial charge in [0.05, 0.1) is 15.9 Å². The van der Waals surface area contributed by atoms with E-state index in [4.69, 9.17) is 0 Å². The van der Waals surface area contributed by atoms with E-state index < -0.39 is 47.0 Å². The molecule has 0 fully saturated rings. The quantitative estimate of drug-likeness (QED) is 0.326. The van der Waals surface area contributed by atoms with Crippen molar-refractivity contribution in [3.05, 3.63) is 0 Å². The van der Waals surface area contributed by atoms with Crippen molar-refractivity contribution in [3.8, 4) is 0 Å². The van der Waals surface area contributed by atoms with E-state index in [0.717, 1.165) is 0 Å². The third-order valence-corrected chi connectivity index (χ3v) is 2.28. The zero-order valence-corrected chi connectivity index (χ0v) is 9.31. The second-order valence-corrected chi connectivity index (χ2v) is 4.36. The summed E-state index contributed by atoms with van der Waals surface area (Å²) in [6.45, 7) is 0. The zero-order valence-electron chi connectivity index (χ0n) is 8.49. The number of hydrogen-bond acceptors (Lipinski definition) is 3. The van der Waals surface area contributed by atoms with Gasteiger partial charge in [-0.1, -0.05) is 0 Å². The van der Waals surface area contributed by atoms with Crippen LogP contribution >= 0.6 is 0 Å². The van der Waals surface area contributed by atoms with Gasteiger partial charge in [0.2, 0.25) is 0 Å². The molecule has 3 nitrogen and oxygen atoms in total. The molecule has 0 radical (unpaired) electrons. The third kappa shape index (κ3) is 7.18. The summed E-state index contributed by atoms with van der Waals surface area (Å²) in [6.07, 6.45) is -17.6. The Labute approximate surface area is 105 Å². The molecule has 0 N–H and O–H groups in total. The Kier molecular flexibility index (Phi) is 8.58. The molecule has 0 aliphatic carbocycles. The van der Waals surface area contributed by atoms with E-state index in [2.05, 4.69) is 0 Å². The van der Waals surface area contributed by atoms with Gasteiger partial charge in [-0.15, -0.1) is 0 Å². The Balaban J connectivity index is 0. The van der Waals surface area contributed by atoms with Gasteiger partial charge < -0.3 is 4.55 Å². The molecule has 0 heterocycles. The molecule has 0 saturated carbocycles. The maximum absolute atomic E-state index is 12.6. The van der Waals surface area contributed by atoms with E-state index in [-0.39, 0.29) is 18.9 Å². The Hall–Kier alpha value is 0.0874. The van der Waals surface area contributed by atoms with Crippen LogP contribution in [0.2, 0.25) is 0 Å². The van der Waals surface area contributed by atoms with Crippen molar-refractivity contribution in [1.29, 1.82) is 0 Å². The fraction of sp³-hybridized carbons (Fsp3) is 1.00. The molecule has 0 rings (SSSR count). The van der Waals surface area contributed by atoms with Gasteiger partial charge in [0.25, 0.3) is 6.43 Å². The SMILES string of the molecule is O=S(=O)([O-])CC(F)C(F)C(F)C(F)C(F)F.[Li+]. The molecule has 98 valence electrons. The molecule has 0 aliphatic heterocycles. The van der Waals surface area contributed by atoms with E-state index in [1.54, 1.807) is 0 Å². The predicted octanol–water partition coefficient (Wildman–Crippen LogP) is -1.85.